The zero-order valence-corrected chi connectivity index (χ0v) is 11.9. The molecule has 0 unspecified atom stereocenters. The predicted octanol–water partition coefficient (Wildman–Crippen LogP) is 2.69. The first-order chi connectivity index (χ1) is 9.77. The third-order valence-electron chi connectivity index (χ3n) is 2.86. The van der Waals surface area contributed by atoms with Crippen molar-refractivity contribution < 1.29 is 22.3 Å². The number of nitrogens with one attached hydrogen (secondary N) is 1. The molecule has 0 bridgehead atoms. The van der Waals surface area contributed by atoms with Crippen LogP contribution in [0.15, 0.2) is 41.3 Å². The Balaban J connectivity index is 2.10. The Hall–Kier alpha value is -2.15. The Bertz CT molecular complexity index is 735. The fourth-order valence-corrected chi connectivity index (χ4v) is 2.37. The van der Waals surface area contributed by atoms with E-state index in [2.05, 4.69) is 5.32 Å². The van der Waals surface area contributed by atoms with Crippen LogP contribution in [0.3, 0.4) is 0 Å². The van der Waals surface area contributed by atoms with E-state index < -0.39 is 27.2 Å². The van der Waals surface area contributed by atoms with Gasteiger partial charge in [0, 0.05) is 18.5 Å². The van der Waals surface area contributed by atoms with Crippen molar-refractivity contribution in [1.29, 1.82) is 0 Å². The number of anilines is 1. The fourth-order valence-electron chi connectivity index (χ4n) is 1.74. The number of phenolic OH excluding ortho intramolecular Hbond substituents is 1. The molecule has 112 valence electrons. The molecule has 0 aliphatic rings. The minimum absolute atomic E-state index is 0.131. The highest BCUT2D eigenvalue weighted by molar-refractivity contribution is 7.90. The van der Waals surface area contributed by atoms with E-state index in [1.165, 1.54) is 12.1 Å². The lowest BCUT2D eigenvalue weighted by molar-refractivity contribution is 0.395. The smallest absolute Gasteiger partial charge is 0.187 e. The Morgan fingerprint density at radius 1 is 1.10 bits per heavy atom. The van der Waals surface area contributed by atoms with Gasteiger partial charge in [-0.1, -0.05) is 0 Å². The van der Waals surface area contributed by atoms with E-state index in [9.17, 15) is 17.2 Å². The topological polar surface area (TPSA) is 66.4 Å². The van der Waals surface area contributed by atoms with Crippen molar-refractivity contribution in [2.45, 2.75) is 11.4 Å². The van der Waals surface area contributed by atoms with Crippen molar-refractivity contribution in [3.05, 3.63) is 53.6 Å². The lowest BCUT2D eigenvalue weighted by Gasteiger charge is -2.08. The summed E-state index contributed by atoms with van der Waals surface area (Å²) in [4.78, 5) is 0.190. The second-order valence-electron chi connectivity index (χ2n) is 4.56. The Morgan fingerprint density at radius 2 is 1.62 bits per heavy atom. The highest BCUT2D eigenvalue weighted by atomic mass is 32.2. The van der Waals surface area contributed by atoms with Crippen LogP contribution in [-0.2, 0) is 16.4 Å². The Labute approximate surface area is 121 Å². The second-order valence-corrected chi connectivity index (χ2v) is 6.57. The van der Waals surface area contributed by atoms with Gasteiger partial charge >= 0.3 is 0 Å². The van der Waals surface area contributed by atoms with Crippen LogP contribution in [0.1, 0.15) is 5.56 Å². The number of hydrogen-bond acceptors (Lipinski definition) is 4. The summed E-state index contributed by atoms with van der Waals surface area (Å²) in [5.74, 6) is -3.06. The normalized spacial score (nSPS) is 11.4. The molecule has 7 heteroatoms. The molecule has 0 heterocycles. The van der Waals surface area contributed by atoms with Crippen LogP contribution in [0.2, 0.25) is 0 Å². The molecule has 0 spiro atoms. The number of aromatic hydroxyl groups is 1. The first-order valence-electron chi connectivity index (χ1n) is 5.98. The minimum Gasteiger partial charge on any atom is -0.503 e. The van der Waals surface area contributed by atoms with Gasteiger partial charge in [-0.15, -0.1) is 0 Å². The Kier molecular flexibility index (Phi) is 4.13. The number of rotatable bonds is 4. The maximum Gasteiger partial charge on any atom is 0.187 e. The van der Waals surface area contributed by atoms with Gasteiger partial charge in [-0.2, -0.15) is 0 Å². The van der Waals surface area contributed by atoms with Gasteiger partial charge in [-0.3, -0.25) is 0 Å². The van der Waals surface area contributed by atoms with Crippen molar-refractivity contribution in [1.82, 2.24) is 0 Å². The van der Waals surface area contributed by atoms with Gasteiger partial charge in [0.2, 0.25) is 0 Å². The molecule has 0 saturated heterocycles. The summed E-state index contributed by atoms with van der Waals surface area (Å²) in [6, 6.07) is 8.05. The molecule has 0 aromatic heterocycles. The summed E-state index contributed by atoms with van der Waals surface area (Å²) in [6.07, 6.45) is 1.11. The van der Waals surface area contributed by atoms with Crippen LogP contribution in [-0.4, -0.2) is 19.8 Å². The van der Waals surface area contributed by atoms with Crippen molar-refractivity contribution in [2.24, 2.45) is 0 Å². The van der Waals surface area contributed by atoms with Crippen molar-refractivity contribution in [3.8, 4) is 5.75 Å². The summed E-state index contributed by atoms with van der Waals surface area (Å²) in [5.41, 5.74) is 0.922. The van der Waals surface area contributed by atoms with Gasteiger partial charge in [0.25, 0.3) is 0 Å². The highest BCUT2D eigenvalue weighted by Crippen LogP contribution is 2.22. The molecule has 4 nitrogen and oxygen atoms in total. The van der Waals surface area contributed by atoms with Gasteiger partial charge in [-0.05, 0) is 42.0 Å². The molecule has 0 radical (unpaired) electrons. The number of halogens is 2. The lowest BCUT2D eigenvalue weighted by atomic mass is 10.2. The maximum atomic E-state index is 13.2. The molecule has 0 aliphatic carbocycles. The van der Waals surface area contributed by atoms with E-state index in [0.717, 1.165) is 18.4 Å². The van der Waals surface area contributed by atoms with Crippen LogP contribution >= 0.6 is 0 Å². The van der Waals surface area contributed by atoms with Gasteiger partial charge in [0.15, 0.2) is 27.2 Å². The van der Waals surface area contributed by atoms with Gasteiger partial charge in [0.05, 0.1) is 4.90 Å². The zero-order valence-electron chi connectivity index (χ0n) is 11.1. The SMILES string of the molecule is CS(=O)(=O)c1ccc(NCc2cc(F)c(O)c(F)c2)cc1. The van der Waals surface area contributed by atoms with E-state index in [-0.39, 0.29) is 11.4 Å². The monoisotopic (exact) mass is 313 g/mol. The van der Waals surface area contributed by atoms with Crippen LogP contribution < -0.4 is 5.32 Å². The second kappa shape index (κ2) is 5.69. The summed E-state index contributed by atoms with van der Waals surface area (Å²) in [7, 11) is -3.26. The molecule has 0 atom stereocenters. The predicted molar refractivity (Wildman–Crippen MR) is 74.9 cm³/mol. The van der Waals surface area contributed by atoms with Gasteiger partial charge in [-0.25, -0.2) is 17.2 Å². The molecule has 21 heavy (non-hydrogen) atoms. The molecule has 2 N–H and O–H groups in total. The molecule has 0 saturated carbocycles. The van der Waals surface area contributed by atoms with Crippen LogP contribution in [0, 0.1) is 11.6 Å². The molecule has 0 aliphatic heterocycles. The number of phenols is 1. The quantitative estimate of drug-likeness (QED) is 0.911. The Morgan fingerprint density at radius 3 is 2.10 bits per heavy atom. The zero-order chi connectivity index (χ0) is 15.6. The van der Waals surface area contributed by atoms with Gasteiger partial charge in [0.1, 0.15) is 0 Å². The van der Waals surface area contributed by atoms with E-state index in [0.29, 0.717) is 11.3 Å². The van der Waals surface area contributed by atoms with Crippen LogP contribution in [0.5, 0.6) is 5.75 Å². The van der Waals surface area contributed by atoms with Gasteiger partial charge < -0.3 is 10.4 Å². The molecular formula is C14H13F2NO3S. The molecule has 0 fully saturated rings. The minimum atomic E-state index is -3.26. The first kappa shape index (κ1) is 15.2. The molecule has 2 aromatic carbocycles. The summed E-state index contributed by atoms with van der Waals surface area (Å²) in [5, 5.41) is 11.9. The largest absolute Gasteiger partial charge is 0.503 e. The van der Waals surface area contributed by atoms with E-state index in [1.807, 2.05) is 0 Å². The molecular weight excluding hydrogens is 300 g/mol. The van der Waals surface area contributed by atoms with E-state index in [4.69, 9.17) is 5.11 Å². The summed E-state index contributed by atoms with van der Waals surface area (Å²) >= 11 is 0. The fraction of sp³-hybridized carbons (Fsp3) is 0.143. The number of sulfone groups is 1. The summed E-state index contributed by atoms with van der Waals surface area (Å²) < 4.78 is 48.9. The van der Waals surface area contributed by atoms with Crippen LogP contribution in [0.25, 0.3) is 0 Å². The van der Waals surface area contributed by atoms with E-state index >= 15 is 0 Å². The number of benzene rings is 2. The lowest BCUT2D eigenvalue weighted by Crippen LogP contribution is -2.02. The van der Waals surface area contributed by atoms with Crippen molar-refractivity contribution in [3.63, 3.8) is 0 Å². The van der Waals surface area contributed by atoms with Crippen LogP contribution in [0.4, 0.5) is 14.5 Å². The summed E-state index contributed by atoms with van der Waals surface area (Å²) in [6.45, 7) is 0.131. The average Bonchev–Trinajstić information content (AvgIpc) is 2.42. The third-order valence-corrected chi connectivity index (χ3v) is 3.98. The average molecular weight is 313 g/mol. The highest BCUT2D eigenvalue weighted by Gasteiger charge is 2.10. The molecule has 2 rings (SSSR count). The van der Waals surface area contributed by atoms with Crippen molar-refractivity contribution >= 4 is 15.5 Å². The molecule has 0 amide bonds. The number of hydrogen-bond donors (Lipinski definition) is 2. The molecule has 2 aromatic rings. The van der Waals surface area contributed by atoms with Crippen molar-refractivity contribution in [2.75, 3.05) is 11.6 Å². The first-order valence-corrected chi connectivity index (χ1v) is 7.87. The third kappa shape index (κ3) is 3.69. The standard InChI is InChI=1S/C14H13F2NO3S/c1-21(19,20)11-4-2-10(3-5-11)17-8-9-6-12(15)14(18)13(16)7-9/h2-7,17-18H,8H2,1H3. The maximum absolute atomic E-state index is 13.2. The van der Waals surface area contributed by atoms with E-state index in [1.54, 1.807) is 12.1 Å².